The fraction of sp³-hybridized carbons (Fsp3) is 0.500. The Bertz CT molecular complexity index is 316. The first-order chi connectivity index (χ1) is 6.91. The van der Waals surface area contributed by atoms with Crippen LogP contribution >= 0.6 is 0 Å². The lowest BCUT2D eigenvalue weighted by Crippen LogP contribution is -2.22. The Balaban J connectivity index is 2.95. The van der Waals surface area contributed by atoms with Crippen molar-refractivity contribution in [1.29, 1.82) is 0 Å². The van der Waals surface area contributed by atoms with Gasteiger partial charge in [0.25, 0.3) is 0 Å². The summed E-state index contributed by atoms with van der Waals surface area (Å²) in [5, 5.41) is 9.79. The van der Waals surface area contributed by atoms with Crippen LogP contribution in [0.2, 0.25) is 0 Å². The van der Waals surface area contributed by atoms with Gasteiger partial charge in [-0.25, -0.2) is 8.78 Å². The van der Waals surface area contributed by atoms with E-state index in [-0.39, 0.29) is 11.8 Å². The van der Waals surface area contributed by atoms with E-state index in [2.05, 4.69) is 0 Å². The van der Waals surface area contributed by atoms with E-state index < -0.39 is 17.7 Å². The maximum Gasteiger partial charge on any atom is 0.126 e. The van der Waals surface area contributed by atoms with Gasteiger partial charge < -0.3 is 5.11 Å². The summed E-state index contributed by atoms with van der Waals surface area (Å²) in [6, 6.07) is 3.36. The van der Waals surface area contributed by atoms with Gasteiger partial charge in [-0.2, -0.15) is 0 Å². The first-order valence-corrected chi connectivity index (χ1v) is 5.06. The van der Waals surface area contributed by atoms with E-state index in [1.54, 1.807) is 6.92 Å². The SMILES string of the molecule is CC(C)C(O)C(C)c1cc(F)cc(F)c1. The Hall–Kier alpha value is -0.960. The molecule has 1 nitrogen and oxygen atoms in total. The van der Waals surface area contributed by atoms with Crippen molar-refractivity contribution >= 4 is 0 Å². The molecule has 84 valence electrons. The Morgan fingerprint density at radius 2 is 1.47 bits per heavy atom. The average molecular weight is 214 g/mol. The van der Waals surface area contributed by atoms with Crippen molar-refractivity contribution in [3.8, 4) is 0 Å². The van der Waals surface area contributed by atoms with Crippen LogP contribution in [0.4, 0.5) is 8.78 Å². The van der Waals surface area contributed by atoms with E-state index in [0.717, 1.165) is 6.07 Å². The molecular weight excluding hydrogens is 198 g/mol. The second-order valence-corrected chi connectivity index (χ2v) is 4.23. The zero-order chi connectivity index (χ0) is 11.6. The van der Waals surface area contributed by atoms with Gasteiger partial charge in [-0.1, -0.05) is 20.8 Å². The molecule has 0 spiro atoms. The van der Waals surface area contributed by atoms with Crippen LogP contribution in [0.15, 0.2) is 18.2 Å². The summed E-state index contributed by atoms with van der Waals surface area (Å²) in [7, 11) is 0. The second-order valence-electron chi connectivity index (χ2n) is 4.23. The minimum Gasteiger partial charge on any atom is -0.392 e. The molecule has 15 heavy (non-hydrogen) atoms. The number of rotatable bonds is 3. The predicted octanol–water partition coefficient (Wildman–Crippen LogP) is 3.09. The monoisotopic (exact) mass is 214 g/mol. The largest absolute Gasteiger partial charge is 0.392 e. The lowest BCUT2D eigenvalue weighted by molar-refractivity contribution is 0.102. The molecule has 0 saturated heterocycles. The van der Waals surface area contributed by atoms with Crippen LogP contribution in [0, 0.1) is 17.6 Å². The van der Waals surface area contributed by atoms with Gasteiger partial charge in [0.2, 0.25) is 0 Å². The van der Waals surface area contributed by atoms with E-state index >= 15 is 0 Å². The maximum absolute atomic E-state index is 12.9. The molecule has 0 aliphatic heterocycles. The van der Waals surface area contributed by atoms with Gasteiger partial charge in [-0.05, 0) is 23.6 Å². The van der Waals surface area contributed by atoms with Gasteiger partial charge in [0.05, 0.1) is 6.10 Å². The number of aliphatic hydroxyl groups is 1. The van der Waals surface area contributed by atoms with Crippen molar-refractivity contribution in [3.05, 3.63) is 35.4 Å². The maximum atomic E-state index is 12.9. The van der Waals surface area contributed by atoms with E-state index in [1.165, 1.54) is 12.1 Å². The highest BCUT2D eigenvalue weighted by molar-refractivity contribution is 5.22. The highest BCUT2D eigenvalue weighted by Gasteiger charge is 2.20. The quantitative estimate of drug-likeness (QED) is 0.819. The number of halogens is 2. The molecule has 0 heterocycles. The zero-order valence-corrected chi connectivity index (χ0v) is 9.17. The van der Waals surface area contributed by atoms with Crippen LogP contribution in [-0.4, -0.2) is 11.2 Å². The molecule has 1 aromatic carbocycles. The van der Waals surface area contributed by atoms with Crippen molar-refractivity contribution in [2.24, 2.45) is 5.92 Å². The first kappa shape index (κ1) is 12.1. The zero-order valence-electron chi connectivity index (χ0n) is 9.17. The van der Waals surface area contributed by atoms with E-state index in [4.69, 9.17) is 0 Å². The molecule has 0 aromatic heterocycles. The van der Waals surface area contributed by atoms with E-state index in [0.29, 0.717) is 5.56 Å². The Labute approximate surface area is 88.7 Å². The number of aliphatic hydroxyl groups excluding tert-OH is 1. The molecule has 1 aromatic rings. The molecular formula is C12H16F2O. The van der Waals surface area contributed by atoms with Gasteiger partial charge in [-0.3, -0.25) is 0 Å². The third kappa shape index (κ3) is 2.99. The fourth-order valence-electron chi connectivity index (χ4n) is 1.61. The summed E-state index contributed by atoms with van der Waals surface area (Å²) in [6.45, 7) is 5.51. The molecule has 0 aliphatic rings. The van der Waals surface area contributed by atoms with Gasteiger partial charge in [0.1, 0.15) is 11.6 Å². The summed E-state index contributed by atoms with van der Waals surface area (Å²) in [5.74, 6) is -1.41. The Morgan fingerprint density at radius 3 is 1.87 bits per heavy atom. The van der Waals surface area contributed by atoms with Gasteiger partial charge >= 0.3 is 0 Å². The second kappa shape index (κ2) is 4.71. The van der Waals surface area contributed by atoms with Gasteiger partial charge in [-0.15, -0.1) is 0 Å². The lowest BCUT2D eigenvalue weighted by Gasteiger charge is -2.22. The molecule has 0 fully saturated rings. The molecule has 0 radical (unpaired) electrons. The fourth-order valence-corrected chi connectivity index (χ4v) is 1.61. The topological polar surface area (TPSA) is 20.2 Å². The average Bonchev–Trinajstić information content (AvgIpc) is 2.13. The summed E-state index contributed by atoms with van der Waals surface area (Å²) >= 11 is 0. The van der Waals surface area contributed by atoms with Crippen molar-refractivity contribution in [2.75, 3.05) is 0 Å². The number of benzene rings is 1. The van der Waals surface area contributed by atoms with Crippen molar-refractivity contribution in [3.63, 3.8) is 0 Å². The highest BCUT2D eigenvalue weighted by atomic mass is 19.1. The Morgan fingerprint density at radius 1 is 1.00 bits per heavy atom. The Kier molecular flexibility index (Phi) is 3.80. The molecule has 2 unspecified atom stereocenters. The highest BCUT2D eigenvalue weighted by Crippen LogP contribution is 2.25. The van der Waals surface area contributed by atoms with Crippen molar-refractivity contribution < 1.29 is 13.9 Å². The van der Waals surface area contributed by atoms with Crippen molar-refractivity contribution in [1.82, 2.24) is 0 Å². The van der Waals surface area contributed by atoms with Crippen molar-refractivity contribution in [2.45, 2.75) is 32.8 Å². The number of hydrogen-bond donors (Lipinski definition) is 1. The standard InChI is InChI=1S/C12H16F2O/c1-7(2)12(15)8(3)9-4-10(13)6-11(14)5-9/h4-8,12,15H,1-3H3. The number of hydrogen-bond acceptors (Lipinski definition) is 1. The van der Waals surface area contributed by atoms with Crippen LogP contribution in [0.3, 0.4) is 0 Å². The molecule has 1 N–H and O–H groups in total. The minimum absolute atomic E-state index is 0.0614. The summed E-state index contributed by atoms with van der Waals surface area (Å²) < 4.78 is 25.9. The normalized spacial score (nSPS) is 15.4. The molecule has 0 aliphatic carbocycles. The third-order valence-corrected chi connectivity index (χ3v) is 2.61. The minimum atomic E-state index is -0.604. The van der Waals surface area contributed by atoms with Crippen LogP contribution in [0.5, 0.6) is 0 Å². The molecule has 2 atom stereocenters. The lowest BCUT2D eigenvalue weighted by atomic mass is 9.89. The van der Waals surface area contributed by atoms with Crippen LogP contribution in [0.25, 0.3) is 0 Å². The summed E-state index contributed by atoms with van der Waals surface area (Å²) in [6.07, 6.45) is -0.591. The van der Waals surface area contributed by atoms with Crippen LogP contribution < -0.4 is 0 Å². The molecule has 0 saturated carbocycles. The molecule has 3 heteroatoms. The summed E-state index contributed by atoms with van der Waals surface area (Å²) in [5.41, 5.74) is 0.494. The smallest absolute Gasteiger partial charge is 0.126 e. The van der Waals surface area contributed by atoms with Gasteiger partial charge in [0.15, 0.2) is 0 Å². The van der Waals surface area contributed by atoms with E-state index in [1.807, 2.05) is 13.8 Å². The molecule has 0 amide bonds. The van der Waals surface area contributed by atoms with Crippen LogP contribution in [0.1, 0.15) is 32.3 Å². The van der Waals surface area contributed by atoms with Crippen LogP contribution in [-0.2, 0) is 0 Å². The molecule has 1 rings (SSSR count). The van der Waals surface area contributed by atoms with E-state index in [9.17, 15) is 13.9 Å². The first-order valence-electron chi connectivity index (χ1n) is 5.06. The summed E-state index contributed by atoms with van der Waals surface area (Å²) in [4.78, 5) is 0. The third-order valence-electron chi connectivity index (χ3n) is 2.61. The molecule has 0 bridgehead atoms. The van der Waals surface area contributed by atoms with Gasteiger partial charge in [0, 0.05) is 12.0 Å². The predicted molar refractivity (Wildman–Crippen MR) is 55.6 cm³/mol.